The highest BCUT2D eigenvalue weighted by molar-refractivity contribution is 5.93. The van der Waals surface area contributed by atoms with Gasteiger partial charge in [0, 0.05) is 12.6 Å². The van der Waals surface area contributed by atoms with Gasteiger partial charge in [-0.15, -0.1) is 0 Å². The molecule has 3 aromatic rings. The van der Waals surface area contributed by atoms with Crippen LogP contribution in [0.25, 0.3) is 22.4 Å². The standard InChI is InChI=1S/C15H12N2O2/c1-17-13-8-7-11(15(18)19)9-12(13)16-14(17)10-5-3-2-4-6-10/h2-9H,1H3,(H,18,19). The van der Waals surface area contributed by atoms with E-state index in [4.69, 9.17) is 5.11 Å². The fourth-order valence-electron chi connectivity index (χ4n) is 2.18. The van der Waals surface area contributed by atoms with Crippen LogP contribution in [0.3, 0.4) is 0 Å². The monoisotopic (exact) mass is 252 g/mol. The van der Waals surface area contributed by atoms with Crippen molar-refractivity contribution in [3.05, 3.63) is 54.1 Å². The average molecular weight is 252 g/mol. The predicted octanol–water partition coefficient (Wildman–Crippen LogP) is 2.94. The first-order valence-electron chi connectivity index (χ1n) is 5.92. The third kappa shape index (κ3) is 1.87. The molecule has 19 heavy (non-hydrogen) atoms. The fraction of sp³-hybridized carbons (Fsp3) is 0.0667. The van der Waals surface area contributed by atoms with Crippen LogP contribution >= 0.6 is 0 Å². The van der Waals surface area contributed by atoms with Crippen molar-refractivity contribution in [3.63, 3.8) is 0 Å². The van der Waals surface area contributed by atoms with Gasteiger partial charge in [-0.05, 0) is 18.2 Å². The van der Waals surface area contributed by atoms with Crippen LogP contribution in [0.2, 0.25) is 0 Å². The van der Waals surface area contributed by atoms with E-state index in [1.807, 2.05) is 41.9 Å². The van der Waals surface area contributed by atoms with Gasteiger partial charge in [0.25, 0.3) is 0 Å². The average Bonchev–Trinajstić information content (AvgIpc) is 2.76. The Labute approximate surface area is 109 Å². The predicted molar refractivity (Wildman–Crippen MR) is 73.1 cm³/mol. The zero-order valence-electron chi connectivity index (χ0n) is 10.4. The Morgan fingerprint density at radius 2 is 1.89 bits per heavy atom. The second-order valence-electron chi connectivity index (χ2n) is 4.37. The summed E-state index contributed by atoms with van der Waals surface area (Å²) < 4.78 is 1.97. The van der Waals surface area contributed by atoms with E-state index < -0.39 is 5.97 Å². The molecule has 0 saturated heterocycles. The maximum atomic E-state index is 11.0. The lowest BCUT2D eigenvalue weighted by Crippen LogP contribution is -1.95. The van der Waals surface area contributed by atoms with E-state index in [2.05, 4.69) is 4.98 Å². The summed E-state index contributed by atoms with van der Waals surface area (Å²) in [6.45, 7) is 0. The summed E-state index contributed by atoms with van der Waals surface area (Å²) in [5, 5.41) is 9.00. The Hall–Kier alpha value is -2.62. The molecule has 0 atom stereocenters. The molecule has 4 heteroatoms. The zero-order chi connectivity index (χ0) is 13.4. The summed E-state index contributed by atoms with van der Waals surface area (Å²) >= 11 is 0. The summed E-state index contributed by atoms with van der Waals surface area (Å²) in [6.07, 6.45) is 0. The van der Waals surface area contributed by atoms with Crippen LogP contribution in [0, 0.1) is 0 Å². The Morgan fingerprint density at radius 1 is 1.16 bits per heavy atom. The van der Waals surface area contributed by atoms with Gasteiger partial charge in [0.15, 0.2) is 0 Å². The summed E-state index contributed by atoms with van der Waals surface area (Å²) in [5.41, 5.74) is 2.88. The molecule has 94 valence electrons. The number of aromatic carboxylic acids is 1. The van der Waals surface area contributed by atoms with Crippen molar-refractivity contribution in [3.8, 4) is 11.4 Å². The molecule has 1 N–H and O–H groups in total. The van der Waals surface area contributed by atoms with Crippen LogP contribution in [0.15, 0.2) is 48.5 Å². The van der Waals surface area contributed by atoms with E-state index in [1.54, 1.807) is 18.2 Å². The van der Waals surface area contributed by atoms with Gasteiger partial charge in [-0.2, -0.15) is 0 Å². The van der Waals surface area contributed by atoms with Gasteiger partial charge < -0.3 is 9.67 Å². The second kappa shape index (κ2) is 4.24. The zero-order valence-corrected chi connectivity index (χ0v) is 10.4. The van der Waals surface area contributed by atoms with Crippen LogP contribution in [0.4, 0.5) is 0 Å². The SMILES string of the molecule is Cn1c(-c2ccccc2)nc2cc(C(=O)O)ccc21. The molecule has 0 unspecified atom stereocenters. The minimum atomic E-state index is -0.936. The van der Waals surface area contributed by atoms with E-state index in [1.165, 1.54) is 0 Å². The Bertz CT molecular complexity index is 760. The summed E-state index contributed by atoms with van der Waals surface area (Å²) in [5.74, 6) is -0.105. The highest BCUT2D eigenvalue weighted by Gasteiger charge is 2.11. The van der Waals surface area contributed by atoms with Gasteiger partial charge >= 0.3 is 5.97 Å². The number of carbonyl (C=O) groups is 1. The van der Waals surface area contributed by atoms with Gasteiger partial charge in [0.2, 0.25) is 0 Å². The van der Waals surface area contributed by atoms with Crippen molar-refractivity contribution in [2.75, 3.05) is 0 Å². The number of carboxylic acids is 1. The highest BCUT2D eigenvalue weighted by Crippen LogP contribution is 2.24. The molecule has 1 aromatic heterocycles. The molecular formula is C15H12N2O2. The van der Waals surface area contributed by atoms with Gasteiger partial charge in [-0.1, -0.05) is 30.3 Å². The lowest BCUT2D eigenvalue weighted by atomic mass is 10.2. The molecule has 1 heterocycles. The molecule has 0 fully saturated rings. The number of nitrogens with zero attached hydrogens (tertiary/aromatic N) is 2. The largest absolute Gasteiger partial charge is 0.478 e. The third-order valence-electron chi connectivity index (χ3n) is 3.16. The van der Waals surface area contributed by atoms with Gasteiger partial charge in [-0.25, -0.2) is 9.78 Å². The minimum Gasteiger partial charge on any atom is -0.478 e. The summed E-state index contributed by atoms with van der Waals surface area (Å²) in [4.78, 5) is 15.5. The van der Waals surface area contributed by atoms with Crippen LogP contribution in [0.5, 0.6) is 0 Å². The minimum absolute atomic E-state index is 0.255. The van der Waals surface area contributed by atoms with Crippen molar-refractivity contribution in [1.82, 2.24) is 9.55 Å². The Morgan fingerprint density at radius 3 is 2.58 bits per heavy atom. The van der Waals surface area contributed by atoms with E-state index >= 15 is 0 Å². The van der Waals surface area contributed by atoms with E-state index in [-0.39, 0.29) is 5.56 Å². The topological polar surface area (TPSA) is 55.1 Å². The molecule has 0 aliphatic rings. The molecule has 0 radical (unpaired) electrons. The van der Waals surface area contributed by atoms with Crippen molar-refractivity contribution in [2.24, 2.45) is 7.05 Å². The Balaban J connectivity index is 2.23. The number of hydrogen-bond acceptors (Lipinski definition) is 2. The van der Waals surface area contributed by atoms with Crippen LogP contribution in [0.1, 0.15) is 10.4 Å². The molecule has 3 rings (SSSR count). The molecule has 0 saturated carbocycles. The van der Waals surface area contributed by atoms with Gasteiger partial charge in [0.1, 0.15) is 5.82 Å². The Kier molecular flexibility index (Phi) is 2.56. The number of aryl methyl sites for hydroxylation is 1. The number of fused-ring (bicyclic) bond motifs is 1. The number of hydrogen-bond donors (Lipinski definition) is 1. The molecule has 0 spiro atoms. The molecule has 2 aromatic carbocycles. The maximum Gasteiger partial charge on any atom is 0.335 e. The second-order valence-corrected chi connectivity index (χ2v) is 4.37. The summed E-state index contributed by atoms with van der Waals surface area (Å²) in [7, 11) is 1.93. The van der Waals surface area contributed by atoms with Gasteiger partial charge in [0.05, 0.1) is 16.6 Å². The van der Waals surface area contributed by atoms with Crippen molar-refractivity contribution < 1.29 is 9.90 Å². The quantitative estimate of drug-likeness (QED) is 0.763. The van der Waals surface area contributed by atoms with E-state index in [0.29, 0.717) is 5.52 Å². The molecule has 4 nitrogen and oxygen atoms in total. The van der Waals surface area contributed by atoms with Crippen molar-refractivity contribution in [1.29, 1.82) is 0 Å². The van der Waals surface area contributed by atoms with Gasteiger partial charge in [-0.3, -0.25) is 0 Å². The first kappa shape index (κ1) is 11.5. The molecular weight excluding hydrogens is 240 g/mol. The number of imidazole rings is 1. The van der Waals surface area contributed by atoms with Crippen LogP contribution < -0.4 is 0 Å². The number of benzene rings is 2. The lowest BCUT2D eigenvalue weighted by Gasteiger charge is -2.01. The normalized spacial score (nSPS) is 10.8. The number of aromatic nitrogens is 2. The third-order valence-corrected chi connectivity index (χ3v) is 3.16. The summed E-state index contributed by atoms with van der Waals surface area (Å²) in [6, 6.07) is 14.8. The highest BCUT2D eigenvalue weighted by atomic mass is 16.4. The molecule has 0 amide bonds. The molecule has 0 aliphatic carbocycles. The molecule has 0 bridgehead atoms. The smallest absolute Gasteiger partial charge is 0.335 e. The number of rotatable bonds is 2. The maximum absolute atomic E-state index is 11.0. The fourth-order valence-corrected chi connectivity index (χ4v) is 2.18. The van der Waals surface area contributed by atoms with Crippen molar-refractivity contribution >= 4 is 17.0 Å². The van der Waals surface area contributed by atoms with E-state index in [9.17, 15) is 4.79 Å². The first-order valence-corrected chi connectivity index (χ1v) is 5.92. The van der Waals surface area contributed by atoms with E-state index in [0.717, 1.165) is 16.9 Å². The first-order chi connectivity index (χ1) is 9.16. The number of carboxylic acid groups (broad SMARTS) is 1. The van der Waals surface area contributed by atoms with Crippen LogP contribution in [-0.2, 0) is 7.05 Å². The lowest BCUT2D eigenvalue weighted by molar-refractivity contribution is 0.0697. The van der Waals surface area contributed by atoms with Crippen molar-refractivity contribution in [2.45, 2.75) is 0 Å². The molecule has 0 aliphatic heterocycles. The van der Waals surface area contributed by atoms with Crippen LogP contribution in [-0.4, -0.2) is 20.6 Å².